The topological polar surface area (TPSA) is 114 Å². The van der Waals surface area contributed by atoms with Gasteiger partial charge in [0, 0.05) is 30.8 Å². The third kappa shape index (κ3) is 5.21. The summed E-state index contributed by atoms with van der Waals surface area (Å²) in [5, 5.41) is 3.52. The number of hydrogen-bond acceptors (Lipinski definition) is 7. The number of ether oxygens (including phenoxy) is 2. The van der Waals surface area contributed by atoms with Gasteiger partial charge in [0.05, 0.1) is 30.5 Å². The Labute approximate surface area is 224 Å². The number of alkyl halides is 3. The molecule has 10 nitrogen and oxygen atoms in total. The molecule has 0 bridgehead atoms. The number of methoxy groups -OCH3 is 1. The number of aromatic nitrogens is 1. The number of halogens is 5. The summed E-state index contributed by atoms with van der Waals surface area (Å²) < 4.78 is 113. The Hall–Kier alpha value is -3.76. The minimum Gasteiger partial charge on any atom is -0.495 e. The van der Waals surface area contributed by atoms with E-state index in [1.165, 1.54) is 24.3 Å². The number of amides is 1. The summed E-state index contributed by atoms with van der Waals surface area (Å²) in [6.07, 6.45) is -4.49. The molecule has 0 spiro atoms. The van der Waals surface area contributed by atoms with E-state index in [2.05, 4.69) is 14.4 Å². The van der Waals surface area contributed by atoms with Crippen LogP contribution in [0.1, 0.15) is 12.0 Å². The average Bonchev–Trinajstić information content (AvgIpc) is 3.40. The van der Waals surface area contributed by atoms with E-state index in [-0.39, 0.29) is 47.9 Å². The second kappa shape index (κ2) is 10.3. The first-order chi connectivity index (χ1) is 18.9. The van der Waals surface area contributed by atoms with Gasteiger partial charge < -0.3 is 18.9 Å². The van der Waals surface area contributed by atoms with Gasteiger partial charge in [-0.25, -0.2) is 8.78 Å². The number of anilines is 2. The molecule has 5 rings (SSSR count). The highest BCUT2D eigenvalue weighted by Crippen LogP contribution is 2.41. The van der Waals surface area contributed by atoms with Crippen LogP contribution in [-0.4, -0.2) is 62.7 Å². The molecule has 2 atom stereocenters. The quantitative estimate of drug-likeness (QED) is 0.436. The van der Waals surface area contributed by atoms with Crippen molar-refractivity contribution in [2.45, 2.75) is 24.7 Å². The zero-order valence-corrected chi connectivity index (χ0v) is 21.4. The summed E-state index contributed by atoms with van der Waals surface area (Å²) in [6, 6.07) is 4.77. The van der Waals surface area contributed by atoms with Crippen molar-refractivity contribution in [3.05, 3.63) is 59.9 Å². The number of carbonyl (C=O) groups is 1. The molecule has 1 aromatic heterocycles. The van der Waals surface area contributed by atoms with Crippen LogP contribution in [0.3, 0.4) is 0 Å². The van der Waals surface area contributed by atoms with Crippen LogP contribution >= 0.6 is 0 Å². The molecule has 1 amide bonds. The van der Waals surface area contributed by atoms with Gasteiger partial charge in [0.2, 0.25) is 0 Å². The predicted octanol–water partition coefficient (Wildman–Crippen LogP) is 3.81. The molecule has 1 N–H and O–H groups in total. The fourth-order valence-electron chi connectivity index (χ4n) is 4.79. The first kappa shape index (κ1) is 27.8. The number of hydrogen-bond donors (Lipinski definition) is 1. The number of nitrogens with one attached hydrogen (secondary N) is 1. The normalized spacial score (nSPS) is 20.4. The number of benzene rings is 2. The van der Waals surface area contributed by atoms with Crippen molar-refractivity contribution in [3.63, 3.8) is 0 Å². The predicted molar refractivity (Wildman–Crippen MR) is 130 cm³/mol. The summed E-state index contributed by atoms with van der Waals surface area (Å²) in [4.78, 5) is 14.2. The number of morpholine rings is 1. The molecule has 3 aromatic rings. The second-order valence-electron chi connectivity index (χ2n) is 9.02. The summed E-state index contributed by atoms with van der Waals surface area (Å²) in [6.45, 7) is -0.605. The van der Waals surface area contributed by atoms with Crippen LogP contribution in [0, 0.1) is 11.6 Å². The van der Waals surface area contributed by atoms with Crippen molar-refractivity contribution in [1.29, 1.82) is 0 Å². The Morgan fingerprint density at radius 1 is 1.12 bits per heavy atom. The Kier molecular flexibility index (Phi) is 7.18. The minimum atomic E-state index is -5.00. The number of rotatable bonds is 6. The molecular weight excluding hydrogens is 567 g/mol. The number of nitrogens with zero attached hydrogens (tertiary/aromatic N) is 3. The number of piperidine rings is 1. The van der Waals surface area contributed by atoms with E-state index in [9.17, 15) is 30.8 Å². The Morgan fingerprint density at radius 2 is 1.90 bits per heavy atom. The van der Waals surface area contributed by atoms with Crippen LogP contribution in [0.2, 0.25) is 0 Å². The summed E-state index contributed by atoms with van der Waals surface area (Å²) in [5.74, 6) is -3.10. The van der Waals surface area contributed by atoms with Gasteiger partial charge in [-0.05, 0) is 30.2 Å². The van der Waals surface area contributed by atoms with Gasteiger partial charge >= 0.3 is 16.4 Å². The van der Waals surface area contributed by atoms with E-state index >= 15 is 4.39 Å². The molecule has 0 unspecified atom stereocenters. The molecule has 214 valence electrons. The summed E-state index contributed by atoms with van der Waals surface area (Å²) in [5.41, 5.74) is -2.12. The summed E-state index contributed by atoms with van der Waals surface area (Å²) >= 11 is 0. The van der Waals surface area contributed by atoms with Crippen molar-refractivity contribution in [2.24, 2.45) is 0 Å². The van der Waals surface area contributed by atoms with Crippen LogP contribution in [0.25, 0.3) is 11.1 Å². The average molecular weight is 589 g/mol. The van der Waals surface area contributed by atoms with Crippen LogP contribution in [-0.2, 0) is 25.9 Å². The molecule has 3 heterocycles. The fraction of sp³-hybridized carbons (Fsp3) is 0.333. The van der Waals surface area contributed by atoms with E-state index in [0.29, 0.717) is 12.1 Å². The number of fused-ring (bicyclic) bond motifs is 1. The molecule has 2 aliphatic rings. The molecule has 2 aliphatic heterocycles. The van der Waals surface area contributed by atoms with Gasteiger partial charge in [0.25, 0.3) is 5.91 Å². The van der Waals surface area contributed by atoms with Gasteiger partial charge in [-0.1, -0.05) is 11.2 Å². The molecule has 40 heavy (non-hydrogen) atoms. The zero-order chi connectivity index (χ0) is 28.8. The molecule has 2 fully saturated rings. The van der Waals surface area contributed by atoms with Crippen LogP contribution in [0.5, 0.6) is 5.75 Å². The first-order valence-corrected chi connectivity index (χ1v) is 13.2. The lowest BCUT2D eigenvalue weighted by molar-refractivity contribution is -0.140. The molecule has 2 saturated heterocycles. The van der Waals surface area contributed by atoms with E-state index < -0.39 is 58.2 Å². The maximum Gasteiger partial charge on any atom is 0.419 e. The molecule has 0 radical (unpaired) electrons. The fourth-order valence-corrected chi connectivity index (χ4v) is 5.97. The monoisotopic (exact) mass is 588 g/mol. The molecule has 2 aromatic carbocycles. The lowest BCUT2D eigenvalue weighted by atomic mass is 9.97. The first-order valence-electron chi connectivity index (χ1n) is 11.8. The standard InChI is InChI=1S/C24H21F5N4O6S/c1-37-20-9-14(13-2-3-16(25)15(8-13)24(27,28)29)17(26)10-19(20)33-18-4-6-32(11-21(18)38-12-23(33)34)40(35,36)31-22-5-7-39-30-22/h2-3,5,7-10,18,21H,4,6,11-12H2,1H3,(H,30,31)/t18-,21-/m1/s1. The third-order valence-corrected chi connectivity index (χ3v) is 8.11. The third-order valence-electron chi connectivity index (χ3n) is 6.63. The zero-order valence-electron chi connectivity index (χ0n) is 20.6. The molecule has 16 heteroatoms. The van der Waals surface area contributed by atoms with Crippen LogP contribution in [0.4, 0.5) is 33.5 Å². The van der Waals surface area contributed by atoms with E-state index in [4.69, 9.17) is 9.47 Å². The molecule has 0 saturated carbocycles. The van der Waals surface area contributed by atoms with Crippen molar-refractivity contribution < 1.29 is 49.2 Å². The smallest absolute Gasteiger partial charge is 0.419 e. The van der Waals surface area contributed by atoms with Crippen LogP contribution < -0.4 is 14.4 Å². The largest absolute Gasteiger partial charge is 0.495 e. The number of carbonyl (C=O) groups excluding carboxylic acids is 1. The van der Waals surface area contributed by atoms with Gasteiger partial charge in [-0.3, -0.25) is 9.52 Å². The van der Waals surface area contributed by atoms with E-state index in [1.807, 2.05) is 0 Å². The van der Waals surface area contributed by atoms with Crippen molar-refractivity contribution in [1.82, 2.24) is 9.46 Å². The van der Waals surface area contributed by atoms with Gasteiger partial charge in [0.15, 0.2) is 5.82 Å². The SMILES string of the molecule is COc1cc(-c2ccc(F)c(C(F)(F)F)c2)c(F)cc1N1C(=O)CO[C@@H]2CN(S(=O)(=O)Nc3ccon3)CC[C@H]21. The Morgan fingerprint density at radius 3 is 2.58 bits per heavy atom. The van der Waals surface area contributed by atoms with Gasteiger partial charge in [0.1, 0.15) is 30.3 Å². The highest BCUT2D eigenvalue weighted by molar-refractivity contribution is 7.90. The molecule has 0 aliphatic carbocycles. The van der Waals surface area contributed by atoms with E-state index in [0.717, 1.165) is 22.5 Å². The highest BCUT2D eigenvalue weighted by atomic mass is 32.2. The van der Waals surface area contributed by atoms with Crippen molar-refractivity contribution in [3.8, 4) is 16.9 Å². The lowest BCUT2D eigenvalue weighted by Crippen LogP contribution is -2.62. The Balaban J connectivity index is 1.45. The maximum absolute atomic E-state index is 15.4. The Bertz CT molecular complexity index is 1530. The maximum atomic E-state index is 15.4. The minimum absolute atomic E-state index is 0.0118. The van der Waals surface area contributed by atoms with E-state index in [1.54, 1.807) is 0 Å². The highest BCUT2D eigenvalue weighted by Gasteiger charge is 2.45. The van der Waals surface area contributed by atoms with Gasteiger partial charge in [-0.15, -0.1) is 0 Å². The van der Waals surface area contributed by atoms with Crippen molar-refractivity contribution in [2.75, 3.05) is 36.4 Å². The summed E-state index contributed by atoms with van der Waals surface area (Å²) in [7, 11) is -2.80. The molecular formula is C24H21F5N4O6S. The second-order valence-corrected chi connectivity index (χ2v) is 10.7. The van der Waals surface area contributed by atoms with Crippen LogP contribution in [0.15, 0.2) is 47.2 Å². The van der Waals surface area contributed by atoms with Crippen molar-refractivity contribution >= 4 is 27.6 Å². The van der Waals surface area contributed by atoms with Gasteiger partial charge in [-0.2, -0.15) is 25.9 Å². The lowest BCUT2D eigenvalue weighted by Gasteiger charge is -2.46.